The number of aliphatic imine (C=N–C) groups is 1. The second kappa shape index (κ2) is 12.7. The van der Waals surface area contributed by atoms with Gasteiger partial charge in [0.2, 0.25) is 0 Å². The van der Waals surface area contributed by atoms with Crippen LogP contribution in [0.15, 0.2) is 52.3 Å². The number of aromatic nitrogens is 1. The van der Waals surface area contributed by atoms with Gasteiger partial charge in [-0.2, -0.15) is 0 Å². The van der Waals surface area contributed by atoms with E-state index in [-0.39, 0.29) is 35.4 Å². The first-order valence-corrected chi connectivity index (χ1v) is 10.8. The first-order valence-electron chi connectivity index (χ1n) is 10.8. The van der Waals surface area contributed by atoms with Gasteiger partial charge in [0.1, 0.15) is 5.82 Å². The maximum Gasteiger partial charge on any atom is 0.250 e. The molecule has 0 unspecified atom stereocenters. The van der Waals surface area contributed by atoms with Crippen molar-refractivity contribution in [3.05, 3.63) is 64.3 Å². The Kier molecular flexibility index (Phi) is 10.3. The highest BCUT2D eigenvalue weighted by atomic mass is 127. The Morgan fingerprint density at radius 2 is 1.77 bits per heavy atom. The van der Waals surface area contributed by atoms with Gasteiger partial charge in [0.25, 0.3) is 5.56 Å². The molecule has 1 saturated heterocycles. The molecule has 8 heteroatoms. The van der Waals surface area contributed by atoms with Crippen LogP contribution in [0, 0.1) is 12.7 Å². The van der Waals surface area contributed by atoms with E-state index < -0.39 is 0 Å². The van der Waals surface area contributed by atoms with Gasteiger partial charge in [-0.05, 0) is 57.0 Å². The molecule has 31 heavy (non-hydrogen) atoms. The minimum atomic E-state index is -0.203. The monoisotopic (exact) mass is 541 g/mol. The lowest BCUT2D eigenvalue weighted by Crippen LogP contribution is -2.52. The van der Waals surface area contributed by atoms with Crippen LogP contribution in [0.1, 0.15) is 25.5 Å². The first-order chi connectivity index (χ1) is 14.6. The zero-order chi connectivity index (χ0) is 21.3. The maximum absolute atomic E-state index is 13.1. The molecule has 2 heterocycles. The van der Waals surface area contributed by atoms with Crippen LogP contribution >= 0.6 is 24.0 Å². The number of hydrogen-bond acceptors (Lipinski definition) is 3. The van der Waals surface area contributed by atoms with Crippen molar-refractivity contribution in [2.45, 2.75) is 33.2 Å². The molecule has 1 N–H and O–H groups in total. The van der Waals surface area contributed by atoms with Crippen LogP contribution in [0.4, 0.5) is 10.1 Å². The van der Waals surface area contributed by atoms with Gasteiger partial charge >= 0.3 is 0 Å². The third-order valence-corrected chi connectivity index (χ3v) is 5.43. The summed E-state index contributed by atoms with van der Waals surface area (Å²) < 4.78 is 15.0. The van der Waals surface area contributed by atoms with Gasteiger partial charge in [0, 0.05) is 63.3 Å². The Morgan fingerprint density at radius 3 is 2.42 bits per heavy atom. The third-order valence-electron chi connectivity index (χ3n) is 5.43. The maximum atomic E-state index is 13.1. The fourth-order valence-electron chi connectivity index (χ4n) is 3.73. The molecule has 2 aromatic rings. The average molecular weight is 541 g/mol. The Bertz CT molecular complexity index is 892. The van der Waals surface area contributed by atoms with Crippen molar-refractivity contribution in [1.82, 2.24) is 14.8 Å². The zero-order valence-corrected chi connectivity index (χ0v) is 20.7. The lowest BCUT2D eigenvalue weighted by molar-refractivity contribution is 0.372. The number of pyridine rings is 1. The van der Waals surface area contributed by atoms with Crippen LogP contribution in [-0.4, -0.2) is 54.7 Å². The normalized spacial score (nSPS) is 14.4. The van der Waals surface area contributed by atoms with Crippen molar-refractivity contribution in [2.75, 3.05) is 44.2 Å². The summed E-state index contributed by atoms with van der Waals surface area (Å²) in [5.74, 6) is 0.746. The third kappa shape index (κ3) is 7.22. The van der Waals surface area contributed by atoms with Gasteiger partial charge in [-0.25, -0.2) is 4.39 Å². The molecule has 1 aromatic carbocycles. The Hall–Kier alpha value is -2.10. The van der Waals surface area contributed by atoms with Gasteiger partial charge < -0.3 is 19.7 Å². The first kappa shape index (κ1) is 25.2. The van der Waals surface area contributed by atoms with Gasteiger partial charge in [-0.1, -0.05) is 6.07 Å². The molecular weight excluding hydrogens is 508 g/mol. The summed E-state index contributed by atoms with van der Waals surface area (Å²) in [6, 6.07) is 12.1. The van der Waals surface area contributed by atoms with Gasteiger partial charge in [-0.15, -0.1) is 24.0 Å². The van der Waals surface area contributed by atoms with Crippen LogP contribution in [0.2, 0.25) is 0 Å². The molecule has 0 spiro atoms. The summed E-state index contributed by atoms with van der Waals surface area (Å²) in [5.41, 5.74) is 2.12. The van der Waals surface area contributed by atoms with Crippen molar-refractivity contribution in [1.29, 1.82) is 0 Å². The number of halogens is 2. The molecular formula is C23H33FIN5O. The fourth-order valence-corrected chi connectivity index (χ4v) is 3.73. The van der Waals surface area contributed by atoms with E-state index in [0.717, 1.165) is 76.0 Å². The highest BCUT2D eigenvalue weighted by molar-refractivity contribution is 14.0. The van der Waals surface area contributed by atoms with Crippen LogP contribution in [-0.2, 0) is 6.54 Å². The summed E-state index contributed by atoms with van der Waals surface area (Å²) in [5, 5.41) is 3.39. The molecule has 3 rings (SSSR count). The molecule has 1 aliphatic rings. The van der Waals surface area contributed by atoms with E-state index in [1.165, 1.54) is 12.1 Å². The van der Waals surface area contributed by atoms with E-state index in [0.29, 0.717) is 0 Å². The van der Waals surface area contributed by atoms with Crippen LogP contribution in [0.5, 0.6) is 0 Å². The van der Waals surface area contributed by atoms with E-state index in [9.17, 15) is 9.18 Å². The quantitative estimate of drug-likeness (QED) is 0.253. The topological polar surface area (TPSA) is 52.9 Å². The lowest BCUT2D eigenvalue weighted by atomic mass is 10.2. The number of guanidine groups is 1. The minimum Gasteiger partial charge on any atom is -0.368 e. The van der Waals surface area contributed by atoms with Gasteiger partial charge in [0.05, 0.1) is 0 Å². The van der Waals surface area contributed by atoms with Crippen molar-refractivity contribution in [3.8, 4) is 0 Å². The van der Waals surface area contributed by atoms with E-state index in [4.69, 9.17) is 4.99 Å². The Labute approximate surface area is 201 Å². The SMILES string of the molecule is CCNC(=NCCCCn1c(C)cccc1=O)N1CCN(c2ccc(F)cc2)CC1.I. The lowest BCUT2D eigenvalue weighted by Gasteiger charge is -2.37. The zero-order valence-electron chi connectivity index (χ0n) is 18.4. The number of aryl methyl sites for hydroxylation is 1. The second-order valence-electron chi connectivity index (χ2n) is 7.55. The predicted molar refractivity (Wildman–Crippen MR) is 136 cm³/mol. The number of unbranched alkanes of at least 4 members (excludes halogenated alkanes) is 1. The molecule has 0 atom stereocenters. The number of benzene rings is 1. The second-order valence-corrected chi connectivity index (χ2v) is 7.55. The highest BCUT2D eigenvalue weighted by Gasteiger charge is 2.19. The van der Waals surface area contributed by atoms with Crippen molar-refractivity contribution in [3.63, 3.8) is 0 Å². The predicted octanol–water partition coefficient (Wildman–Crippen LogP) is 3.48. The minimum absolute atomic E-state index is 0. The van der Waals surface area contributed by atoms with Gasteiger partial charge in [-0.3, -0.25) is 9.79 Å². The van der Waals surface area contributed by atoms with E-state index >= 15 is 0 Å². The molecule has 0 bridgehead atoms. The summed E-state index contributed by atoms with van der Waals surface area (Å²) in [6.45, 7) is 9.86. The standard InChI is InChI=1S/C23H32FN5O.HI/c1-3-25-23(26-13-4-5-14-29-19(2)7-6-8-22(29)30)28-17-15-27(16-18-28)21-11-9-20(24)10-12-21;/h6-12H,3-5,13-18H2,1-2H3,(H,25,26);1H. The summed E-state index contributed by atoms with van der Waals surface area (Å²) in [6.07, 6.45) is 1.86. The summed E-state index contributed by atoms with van der Waals surface area (Å²) in [7, 11) is 0. The molecule has 1 aliphatic heterocycles. The van der Waals surface area contributed by atoms with Crippen LogP contribution in [0.3, 0.4) is 0 Å². The van der Waals surface area contributed by atoms with Crippen molar-refractivity contribution < 1.29 is 4.39 Å². The van der Waals surface area contributed by atoms with Gasteiger partial charge in [0.15, 0.2) is 5.96 Å². The van der Waals surface area contributed by atoms with E-state index in [1.807, 2.05) is 29.7 Å². The summed E-state index contributed by atoms with van der Waals surface area (Å²) >= 11 is 0. The Morgan fingerprint density at radius 1 is 1.06 bits per heavy atom. The Balaban J connectivity index is 0.00000341. The molecule has 6 nitrogen and oxygen atoms in total. The molecule has 0 saturated carbocycles. The van der Waals surface area contributed by atoms with Crippen molar-refractivity contribution in [2.24, 2.45) is 4.99 Å². The number of anilines is 1. The highest BCUT2D eigenvalue weighted by Crippen LogP contribution is 2.17. The van der Waals surface area contributed by atoms with Crippen molar-refractivity contribution >= 4 is 35.6 Å². The molecule has 0 radical (unpaired) electrons. The molecule has 1 aromatic heterocycles. The molecule has 1 fully saturated rings. The largest absolute Gasteiger partial charge is 0.368 e. The number of nitrogens with zero attached hydrogens (tertiary/aromatic N) is 4. The molecule has 170 valence electrons. The smallest absolute Gasteiger partial charge is 0.250 e. The van der Waals surface area contributed by atoms with Crippen LogP contribution in [0.25, 0.3) is 0 Å². The van der Waals surface area contributed by atoms with E-state index in [1.54, 1.807) is 12.1 Å². The van der Waals surface area contributed by atoms with Crippen LogP contribution < -0.4 is 15.8 Å². The fraction of sp³-hybridized carbons (Fsp3) is 0.478. The average Bonchev–Trinajstić information content (AvgIpc) is 2.75. The number of piperazine rings is 1. The van der Waals surface area contributed by atoms with E-state index in [2.05, 4.69) is 22.0 Å². The summed E-state index contributed by atoms with van der Waals surface area (Å²) in [4.78, 5) is 21.3. The number of hydrogen-bond donors (Lipinski definition) is 1. The number of nitrogens with one attached hydrogen (secondary N) is 1. The molecule has 0 amide bonds. The molecule has 0 aliphatic carbocycles. The number of rotatable bonds is 7.